The molecule has 0 spiro atoms. The average Bonchev–Trinajstić information content (AvgIpc) is 2.32. The van der Waals surface area contributed by atoms with Crippen molar-refractivity contribution in [3.05, 3.63) is 63.3 Å². The van der Waals surface area contributed by atoms with E-state index >= 15 is 0 Å². The van der Waals surface area contributed by atoms with Crippen molar-refractivity contribution in [1.29, 1.82) is 0 Å². The first kappa shape index (κ1) is 12.4. The fraction of sp³-hybridized carbons (Fsp3) is 0.0769. The van der Waals surface area contributed by atoms with E-state index in [0.29, 0.717) is 17.1 Å². The lowest BCUT2D eigenvalue weighted by Crippen LogP contribution is -2.01. The molecule has 0 unspecified atom stereocenters. The summed E-state index contributed by atoms with van der Waals surface area (Å²) in [6, 6.07) is 12.2. The summed E-state index contributed by atoms with van der Waals surface area (Å²) in [6.07, 6.45) is 0. The van der Waals surface area contributed by atoms with Crippen LogP contribution in [0.1, 0.15) is 5.56 Å². The first-order chi connectivity index (χ1) is 8.15. The molecule has 0 saturated heterocycles. The summed E-state index contributed by atoms with van der Waals surface area (Å²) in [5.41, 5.74) is 1.53. The van der Waals surface area contributed by atoms with Crippen LogP contribution in [-0.2, 0) is 6.54 Å². The number of hydrogen-bond acceptors (Lipinski definition) is 1. The second kappa shape index (κ2) is 5.52. The molecule has 2 aromatic rings. The van der Waals surface area contributed by atoms with Gasteiger partial charge in [-0.05, 0) is 42.5 Å². The van der Waals surface area contributed by atoms with E-state index in [1.54, 1.807) is 24.3 Å². The molecule has 88 valence electrons. The number of halogens is 3. The first-order valence-electron chi connectivity index (χ1n) is 5.08. The molecule has 0 amide bonds. The fourth-order valence-corrected chi connectivity index (χ4v) is 1.98. The van der Waals surface area contributed by atoms with Crippen molar-refractivity contribution in [2.45, 2.75) is 6.54 Å². The summed E-state index contributed by atoms with van der Waals surface area (Å²) in [6.45, 7) is 0.437. The Hall–Kier alpha value is -1.06. The number of anilines is 1. The molecule has 4 heteroatoms. The van der Waals surface area contributed by atoms with E-state index in [-0.39, 0.29) is 5.82 Å². The van der Waals surface area contributed by atoms with Gasteiger partial charge in [-0.1, -0.05) is 27.5 Å². The zero-order chi connectivity index (χ0) is 12.3. The normalized spacial score (nSPS) is 10.3. The summed E-state index contributed by atoms with van der Waals surface area (Å²) >= 11 is 9.10. The highest BCUT2D eigenvalue weighted by Gasteiger charge is 2.02. The van der Waals surface area contributed by atoms with Gasteiger partial charge < -0.3 is 5.32 Å². The van der Waals surface area contributed by atoms with Crippen molar-refractivity contribution < 1.29 is 4.39 Å². The average molecular weight is 315 g/mol. The molecular weight excluding hydrogens is 305 g/mol. The standard InChI is InChI=1S/C13H10BrClFN/c14-10-1-6-13(16)9(7-10)8-17-12-4-2-11(15)3-5-12/h1-7,17H,8H2. The molecule has 0 saturated carbocycles. The van der Waals surface area contributed by atoms with Crippen LogP contribution >= 0.6 is 27.5 Å². The van der Waals surface area contributed by atoms with Gasteiger partial charge in [0.05, 0.1) is 0 Å². The molecule has 1 nitrogen and oxygen atoms in total. The lowest BCUT2D eigenvalue weighted by Gasteiger charge is -2.08. The van der Waals surface area contributed by atoms with Crippen molar-refractivity contribution in [2.24, 2.45) is 0 Å². The van der Waals surface area contributed by atoms with Crippen molar-refractivity contribution in [3.8, 4) is 0 Å². The molecule has 2 aromatic carbocycles. The largest absolute Gasteiger partial charge is 0.381 e. The van der Waals surface area contributed by atoms with E-state index in [1.165, 1.54) is 6.07 Å². The van der Waals surface area contributed by atoms with Crippen LogP contribution in [0.15, 0.2) is 46.9 Å². The van der Waals surface area contributed by atoms with E-state index in [2.05, 4.69) is 21.2 Å². The molecule has 2 rings (SSSR count). The van der Waals surface area contributed by atoms with Gasteiger partial charge >= 0.3 is 0 Å². The molecule has 17 heavy (non-hydrogen) atoms. The molecule has 0 bridgehead atoms. The Morgan fingerprint density at radius 1 is 1.12 bits per heavy atom. The minimum absolute atomic E-state index is 0.213. The highest BCUT2D eigenvalue weighted by atomic mass is 79.9. The second-order valence-corrected chi connectivity index (χ2v) is 4.95. The zero-order valence-electron chi connectivity index (χ0n) is 8.88. The molecule has 0 heterocycles. The monoisotopic (exact) mass is 313 g/mol. The van der Waals surface area contributed by atoms with Gasteiger partial charge in [-0.3, -0.25) is 0 Å². The third-order valence-corrected chi connectivity index (χ3v) is 3.08. The number of hydrogen-bond donors (Lipinski definition) is 1. The summed E-state index contributed by atoms with van der Waals surface area (Å²) in [5.74, 6) is -0.213. The Kier molecular flexibility index (Phi) is 4.02. The Morgan fingerprint density at radius 3 is 2.53 bits per heavy atom. The van der Waals surface area contributed by atoms with Gasteiger partial charge in [-0.15, -0.1) is 0 Å². The maximum absolute atomic E-state index is 13.5. The van der Waals surface area contributed by atoms with E-state index in [1.807, 2.05) is 12.1 Å². The van der Waals surface area contributed by atoms with E-state index in [4.69, 9.17) is 11.6 Å². The predicted molar refractivity (Wildman–Crippen MR) is 72.9 cm³/mol. The predicted octanol–water partition coefficient (Wildman–Crippen LogP) is 4.85. The summed E-state index contributed by atoms with van der Waals surface area (Å²) in [4.78, 5) is 0. The molecule has 0 aliphatic carbocycles. The van der Waals surface area contributed by atoms with Gasteiger partial charge in [0.2, 0.25) is 0 Å². The third kappa shape index (κ3) is 3.45. The third-order valence-electron chi connectivity index (χ3n) is 2.33. The Bertz CT molecular complexity index is 513. The van der Waals surface area contributed by atoms with E-state index in [0.717, 1.165) is 10.2 Å². The smallest absolute Gasteiger partial charge is 0.128 e. The molecule has 0 radical (unpaired) electrons. The summed E-state index contributed by atoms with van der Waals surface area (Å²) < 4.78 is 14.3. The van der Waals surface area contributed by atoms with Crippen LogP contribution in [0.5, 0.6) is 0 Å². The quantitative estimate of drug-likeness (QED) is 0.853. The SMILES string of the molecule is Fc1ccc(Br)cc1CNc1ccc(Cl)cc1. The molecular formula is C13H10BrClFN. The molecule has 0 fully saturated rings. The minimum atomic E-state index is -0.213. The van der Waals surface area contributed by atoms with Crippen LogP contribution in [0.2, 0.25) is 5.02 Å². The van der Waals surface area contributed by atoms with Crippen molar-refractivity contribution >= 4 is 33.2 Å². The van der Waals surface area contributed by atoms with E-state index in [9.17, 15) is 4.39 Å². The van der Waals surface area contributed by atoms with Crippen LogP contribution in [-0.4, -0.2) is 0 Å². The van der Waals surface area contributed by atoms with Crippen LogP contribution in [0.3, 0.4) is 0 Å². The molecule has 0 aliphatic rings. The lowest BCUT2D eigenvalue weighted by molar-refractivity contribution is 0.612. The summed E-state index contributed by atoms with van der Waals surface area (Å²) in [7, 11) is 0. The molecule has 0 aromatic heterocycles. The number of benzene rings is 2. The first-order valence-corrected chi connectivity index (χ1v) is 6.25. The highest BCUT2D eigenvalue weighted by Crippen LogP contribution is 2.18. The van der Waals surface area contributed by atoms with Crippen molar-refractivity contribution in [1.82, 2.24) is 0 Å². The molecule has 0 aliphatic heterocycles. The van der Waals surface area contributed by atoms with Crippen LogP contribution in [0.4, 0.5) is 10.1 Å². The maximum Gasteiger partial charge on any atom is 0.128 e. The van der Waals surface area contributed by atoms with Gasteiger partial charge in [-0.25, -0.2) is 4.39 Å². The van der Waals surface area contributed by atoms with Crippen LogP contribution < -0.4 is 5.32 Å². The number of rotatable bonds is 3. The van der Waals surface area contributed by atoms with Gasteiger partial charge in [-0.2, -0.15) is 0 Å². The second-order valence-electron chi connectivity index (χ2n) is 3.60. The van der Waals surface area contributed by atoms with E-state index < -0.39 is 0 Å². The molecule has 0 atom stereocenters. The van der Waals surface area contributed by atoms with Gasteiger partial charge in [0.25, 0.3) is 0 Å². The van der Waals surface area contributed by atoms with Crippen molar-refractivity contribution in [3.63, 3.8) is 0 Å². The van der Waals surface area contributed by atoms with Gasteiger partial charge in [0.1, 0.15) is 5.82 Å². The lowest BCUT2D eigenvalue weighted by atomic mass is 10.2. The Balaban J connectivity index is 2.07. The maximum atomic E-state index is 13.5. The van der Waals surface area contributed by atoms with Crippen molar-refractivity contribution in [2.75, 3.05) is 5.32 Å². The summed E-state index contributed by atoms with van der Waals surface area (Å²) in [5, 5.41) is 3.82. The Labute approximate surface area is 113 Å². The number of nitrogens with one attached hydrogen (secondary N) is 1. The van der Waals surface area contributed by atoms with Gasteiger partial charge in [0, 0.05) is 27.3 Å². The fourth-order valence-electron chi connectivity index (χ4n) is 1.44. The molecule has 1 N–H and O–H groups in total. The minimum Gasteiger partial charge on any atom is -0.381 e. The van der Waals surface area contributed by atoms with Gasteiger partial charge in [0.15, 0.2) is 0 Å². The van der Waals surface area contributed by atoms with Crippen LogP contribution in [0.25, 0.3) is 0 Å². The Morgan fingerprint density at radius 2 is 1.82 bits per heavy atom. The van der Waals surface area contributed by atoms with Crippen LogP contribution in [0, 0.1) is 5.82 Å². The zero-order valence-corrected chi connectivity index (χ0v) is 11.2. The topological polar surface area (TPSA) is 12.0 Å². The highest BCUT2D eigenvalue weighted by molar-refractivity contribution is 9.10.